The van der Waals surface area contributed by atoms with E-state index in [1.165, 1.54) is 4.90 Å². The molecule has 36 heavy (non-hydrogen) atoms. The zero-order chi connectivity index (χ0) is 26.3. The Morgan fingerprint density at radius 3 is 2.17 bits per heavy atom. The Bertz CT molecular complexity index is 1240. The smallest absolute Gasteiger partial charge is 0.416 e. The van der Waals surface area contributed by atoms with E-state index in [-0.39, 0.29) is 42.1 Å². The number of ether oxygens (including phenoxy) is 1. The van der Waals surface area contributed by atoms with Gasteiger partial charge in [-0.1, -0.05) is 37.3 Å². The zero-order valence-electron chi connectivity index (χ0n) is 19.4. The lowest BCUT2D eigenvalue weighted by atomic mass is 9.95. The molecule has 0 spiro atoms. The maximum atomic E-state index is 13.8. The van der Waals surface area contributed by atoms with Crippen molar-refractivity contribution in [1.82, 2.24) is 9.88 Å². The first-order valence-corrected chi connectivity index (χ1v) is 11.1. The molecule has 190 valence electrons. The van der Waals surface area contributed by atoms with Gasteiger partial charge in [-0.25, -0.2) is 4.98 Å². The van der Waals surface area contributed by atoms with Gasteiger partial charge in [-0.3, -0.25) is 4.79 Å². The van der Waals surface area contributed by atoms with E-state index in [1.807, 2.05) is 6.07 Å². The van der Waals surface area contributed by atoms with Crippen LogP contribution in [0, 0.1) is 12.8 Å². The highest BCUT2D eigenvalue weighted by Crippen LogP contribution is 2.38. The van der Waals surface area contributed by atoms with Crippen LogP contribution in [0.15, 0.2) is 54.7 Å². The molecule has 0 fully saturated rings. The van der Waals surface area contributed by atoms with Crippen molar-refractivity contribution in [3.63, 3.8) is 0 Å². The Hall–Kier alpha value is -3.56. The van der Waals surface area contributed by atoms with Crippen LogP contribution in [0.2, 0.25) is 0 Å². The number of fused-ring (bicyclic) bond motifs is 1. The van der Waals surface area contributed by atoms with E-state index < -0.39 is 35.9 Å². The molecular formula is C26H22F6N2O2. The summed E-state index contributed by atoms with van der Waals surface area (Å²) in [6.07, 6.45) is -8.40. The first-order valence-electron chi connectivity index (χ1n) is 11.1. The van der Waals surface area contributed by atoms with Gasteiger partial charge < -0.3 is 9.64 Å². The van der Waals surface area contributed by atoms with Gasteiger partial charge in [-0.05, 0) is 41.8 Å². The third-order valence-corrected chi connectivity index (χ3v) is 5.85. The molecule has 0 saturated heterocycles. The molecule has 1 aliphatic heterocycles. The van der Waals surface area contributed by atoms with Gasteiger partial charge in [0.2, 0.25) is 5.88 Å². The van der Waals surface area contributed by atoms with Crippen LogP contribution in [0.4, 0.5) is 26.3 Å². The number of carbonyl (C=O) groups excluding carboxylic acids is 1. The number of carbonyl (C=O) groups is 1. The van der Waals surface area contributed by atoms with E-state index in [0.29, 0.717) is 28.8 Å². The summed E-state index contributed by atoms with van der Waals surface area (Å²) >= 11 is 0. The van der Waals surface area contributed by atoms with Gasteiger partial charge in [0.1, 0.15) is 5.56 Å². The average molecular weight is 508 g/mol. The molecule has 4 rings (SSSR count). The fourth-order valence-electron chi connectivity index (χ4n) is 4.23. The molecule has 2 aromatic carbocycles. The number of alkyl halides is 6. The van der Waals surface area contributed by atoms with E-state index in [0.717, 1.165) is 0 Å². The minimum Gasteiger partial charge on any atom is -0.477 e. The summed E-state index contributed by atoms with van der Waals surface area (Å²) in [6, 6.07) is 10.3. The van der Waals surface area contributed by atoms with E-state index >= 15 is 0 Å². The molecule has 1 aliphatic rings. The number of rotatable bonds is 3. The van der Waals surface area contributed by atoms with E-state index in [9.17, 15) is 31.1 Å². The molecule has 4 nitrogen and oxygen atoms in total. The highest BCUT2D eigenvalue weighted by Gasteiger charge is 2.37. The van der Waals surface area contributed by atoms with Crippen molar-refractivity contribution in [1.29, 1.82) is 0 Å². The Kier molecular flexibility index (Phi) is 6.72. The first-order chi connectivity index (χ1) is 16.8. The number of aryl methyl sites for hydroxylation is 1. The van der Waals surface area contributed by atoms with Gasteiger partial charge in [0.15, 0.2) is 0 Å². The molecule has 1 atom stereocenters. The van der Waals surface area contributed by atoms with E-state index in [2.05, 4.69) is 4.98 Å². The molecule has 1 amide bonds. The fourth-order valence-corrected chi connectivity index (χ4v) is 4.23. The number of hydrogen-bond donors (Lipinski definition) is 0. The molecule has 0 bridgehead atoms. The Morgan fingerprint density at radius 1 is 0.972 bits per heavy atom. The second-order valence-corrected chi connectivity index (χ2v) is 8.88. The van der Waals surface area contributed by atoms with Crippen LogP contribution in [-0.2, 0) is 18.9 Å². The summed E-state index contributed by atoms with van der Waals surface area (Å²) in [5.74, 6) is -0.767. The van der Waals surface area contributed by atoms with Gasteiger partial charge in [0, 0.05) is 30.8 Å². The summed E-state index contributed by atoms with van der Waals surface area (Å²) in [5, 5.41) is 0. The molecular weight excluding hydrogens is 486 g/mol. The van der Waals surface area contributed by atoms with Gasteiger partial charge in [0.05, 0.1) is 17.7 Å². The number of nitrogens with zero attached hydrogens (tertiary/aromatic N) is 2. The lowest BCUT2D eigenvalue weighted by molar-refractivity contribution is -0.143. The zero-order valence-corrected chi connectivity index (χ0v) is 19.4. The minimum absolute atomic E-state index is 0.0675. The second kappa shape index (κ2) is 9.48. The molecule has 3 aromatic rings. The molecule has 0 unspecified atom stereocenters. The number of benzene rings is 2. The van der Waals surface area contributed by atoms with Gasteiger partial charge in [0.25, 0.3) is 5.91 Å². The summed E-state index contributed by atoms with van der Waals surface area (Å²) in [6.45, 7) is 3.31. The third-order valence-electron chi connectivity index (χ3n) is 5.85. The number of pyridine rings is 1. The van der Waals surface area contributed by atoms with Crippen LogP contribution in [0.5, 0.6) is 5.88 Å². The number of amides is 1. The van der Waals surface area contributed by atoms with Crippen LogP contribution in [0.1, 0.15) is 39.5 Å². The van der Waals surface area contributed by atoms with Gasteiger partial charge in [-0.2, -0.15) is 26.3 Å². The predicted molar refractivity (Wildman–Crippen MR) is 120 cm³/mol. The van der Waals surface area contributed by atoms with Crippen molar-refractivity contribution < 1.29 is 35.9 Å². The second-order valence-electron chi connectivity index (χ2n) is 8.88. The maximum Gasteiger partial charge on any atom is 0.416 e. The van der Waals surface area contributed by atoms with Crippen LogP contribution in [0.3, 0.4) is 0 Å². The summed E-state index contributed by atoms with van der Waals surface area (Å²) in [7, 11) is 0. The largest absolute Gasteiger partial charge is 0.477 e. The molecule has 0 aliphatic carbocycles. The average Bonchev–Trinajstić information content (AvgIpc) is 2.80. The van der Waals surface area contributed by atoms with E-state index in [4.69, 9.17) is 4.74 Å². The molecule has 0 N–H and O–H groups in total. The van der Waals surface area contributed by atoms with Gasteiger partial charge in [-0.15, -0.1) is 0 Å². The Balaban J connectivity index is 1.82. The normalized spacial score (nSPS) is 16.7. The summed E-state index contributed by atoms with van der Waals surface area (Å²) in [4.78, 5) is 19.3. The van der Waals surface area contributed by atoms with Crippen molar-refractivity contribution in [3.8, 4) is 17.0 Å². The predicted octanol–water partition coefficient (Wildman–Crippen LogP) is 6.77. The topological polar surface area (TPSA) is 42.4 Å². The third kappa shape index (κ3) is 5.32. The van der Waals surface area contributed by atoms with Crippen LogP contribution in [0.25, 0.3) is 11.1 Å². The van der Waals surface area contributed by atoms with Gasteiger partial charge >= 0.3 is 12.4 Å². The summed E-state index contributed by atoms with van der Waals surface area (Å²) in [5.41, 5.74) is -1.08. The highest BCUT2D eigenvalue weighted by molar-refractivity contribution is 6.03. The summed E-state index contributed by atoms with van der Waals surface area (Å²) < 4.78 is 86.1. The number of hydrogen-bond acceptors (Lipinski definition) is 3. The fraction of sp³-hybridized carbons (Fsp3) is 0.308. The van der Waals surface area contributed by atoms with Crippen molar-refractivity contribution in [2.75, 3.05) is 13.2 Å². The number of halogens is 6. The molecule has 2 heterocycles. The molecule has 0 radical (unpaired) electrons. The Labute approximate surface area is 203 Å². The number of aromatic nitrogens is 1. The molecule has 10 heteroatoms. The van der Waals surface area contributed by atoms with Crippen molar-refractivity contribution >= 4 is 5.91 Å². The van der Waals surface area contributed by atoms with Crippen molar-refractivity contribution in [2.45, 2.75) is 32.7 Å². The molecule has 1 aromatic heterocycles. The van der Waals surface area contributed by atoms with Crippen molar-refractivity contribution in [2.24, 2.45) is 5.92 Å². The quantitative estimate of drug-likeness (QED) is 0.367. The van der Waals surface area contributed by atoms with Crippen molar-refractivity contribution in [3.05, 3.63) is 82.5 Å². The SMILES string of the molecule is Cc1cnc2c(c1-c1ccccc1)C(=O)N(Cc1cc(C(F)(F)F)cc(C(F)(F)F)c1)C[C@@H](C)CO2. The van der Waals surface area contributed by atoms with Crippen LogP contribution in [-0.4, -0.2) is 28.9 Å². The highest BCUT2D eigenvalue weighted by atomic mass is 19.4. The van der Waals surface area contributed by atoms with E-state index in [1.54, 1.807) is 44.3 Å². The first kappa shape index (κ1) is 25.5. The lowest BCUT2D eigenvalue weighted by Gasteiger charge is -2.31. The van der Waals surface area contributed by atoms with Crippen LogP contribution >= 0.6 is 0 Å². The molecule has 0 saturated carbocycles. The Morgan fingerprint density at radius 2 is 1.58 bits per heavy atom. The monoisotopic (exact) mass is 508 g/mol. The lowest BCUT2D eigenvalue weighted by Crippen LogP contribution is -2.38. The maximum absolute atomic E-state index is 13.8. The minimum atomic E-state index is -4.98. The standard InChI is InChI=1S/C26H22F6N2O2/c1-15-12-34(13-17-8-19(25(27,28)29)10-20(9-17)26(30,31)32)24(35)22-21(18-6-4-3-5-7-18)16(2)11-33-23(22)36-14-15/h3-11,15H,12-14H2,1-2H3/t15-/m1/s1. The van der Waals surface area contributed by atoms with Crippen LogP contribution < -0.4 is 4.74 Å².